The Morgan fingerprint density at radius 1 is 1.21 bits per heavy atom. The molecule has 1 aromatic heterocycles. The quantitative estimate of drug-likeness (QED) is 0.779. The Morgan fingerprint density at radius 3 is 2.50 bits per heavy atom. The topological polar surface area (TPSA) is 37.8 Å². The van der Waals surface area contributed by atoms with Gasteiger partial charge in [-0.15, -0.1) is 0 Å². The van der Waals surface area contributed by atoms with E-state index in [1.165, 1.54) is 12.8 Å². The summed E-state index contributed by atoms with van der Waals surface area (Å²) in [5.41, 5.74) is 0. The maximum atomic E-state index is 4.18. The minimum atomic E-state index is 0.549. The Kier molecular flexibility index (Phi) is 2.66. The van der Waals surface area contributed by atoms with Gasteiger partial charge >= 0.3 is 0 Å². The fraction of sp³-hybridized carbons (Fsp3) is 0.636. The van der Waals surface area contributed by atoms with Crippen molar-refractivity contribution in [1.29, 1.82) is 0 Å². The van der Waals surface area contributed by atoms with Gasteiger partial charge in [0, 0.05) is 18.4 Å². The standard InChI is InChI=1S/C11H17N3/c1-8-4-5-10(9(8)2)14-11-12-6-3-7-13-11/h3,6-10H,4-5H2,1-2H3,(H,12,13,14). The number of nitrogens with one attached hydrogen (secondary N) is 1. The van der Waals surface area contributed by atoms with Gasteiger partial charge in [0.25, 0.3) is 0 Å². The molecule has 1 saturated carbocycles. The Morgan fingerprint density at radius 2 is 1.93 bits per heavy atom. The summed E-state index contributed by atoms with van der Waals surface area (Å²) in [6.07, 6.45) is 6.10. The van der Waals surface area contributed by atoms with Crippen molar-refractivity contribution in [1.82, 2.24) is 9.97 Å². The van der Waals surface area contributed by atoms with Gasteiger partial charge in [0.05, 0.1) is 0 Å². The number of rotatable bonds is 2. The number of hydrogen-bond acceptors (Lipinski definition) is 3. The van der Waals surface area contributed by atoms with Crippen molar-refractivity contribution in [2.75, 3.05) is 5.32 Å². The van der Waals surface area contributed by atoms with Gasteiger partial charge in [-0.2, -0.15) is 0 Å². The molecule has 1 N–H and O–H groups in total. The highest BCUT2D eigenvalue weighted by Gasteiger charge is 2.29. The van der Waals surface area contributed by atoms with E-state index in [2.05, 4.69) is 29.1 Å². The highest BCUT2D eigenvalue weighted by molar-refractivity contribution is 5.25. The van der Waals surface area contributed by atoms with Crippen molar-refractivity contribution in [3.05, 3.63) is 18.5 Å². The summed E-state index contributed by atoms with van der Waals surface area (Å²) in [5, 5.41) is 3.40. The fourth-order valence-electron chi connectivity index (χ4n) is 2.11. The van der Waals surface area contributed by atoms with Crippen LogP contribution in [0.25, 0.3) is 0 Å². The molecule has 0 radical (unpaired) electrons. The first-order valence-electron chi connectivity index (χ1n) is 5.31. The summed E-state index contributed by atoms with van der Waals surface area (Å²) in [5.74, 6) is 2.30. The number of aromatic nitrogens is 2. The molecule has 3 atom stereocenters. The summed E-state index contributed by atoms with van der Waals surface area (Å²) in [6, 6.07) is 2.39. The number of hydrogen-bond donors (Lipinski definition) is 1. The Hall–Kier alpha value is -1.12. The molecule has 14 heavy (non-hydrogen) atoms. The zero-order valence-corrected chi connectivity index (χ0v) is 8.77. The molecule has 1 fully saturated rings. The molecule has 0 saturated heterocycles. The number of anilines is 1. The molecule has 1 heterocycles. The van der Waals surface area contributed by atoms with Crippen molar-refractivity contribution in [2.24, 2.45) is 11.8 Å². The van der Waals surface area contributed by atoms with Gasteiger partial charge in [0.1, 0.15) is 0 Å². The molecule has 3 nitrogen and oxygen atoms in total. The van der Waals surface area contributed by atoms with Gasteiger partial charge in [-0.1, -0.05) is 13.8 Å². The van der Waals surface area contributed by atoms with Crippen LogP contribution in [0.5, 0.6) is 0 Å². The van der Waals surface area contributed by atoms with Crippen LogP contribution in [0.4, 0.5) is 5.95 Å². The molecule has 0 spiro atoms. The van der Waals surface area contributed by atoms with E-state index in [9.17, 15) is 0 Å². The predicted molar refractivity (Wildman–Crippen MR) is 57.0 cm³/mol. The molecule has 0 aromatic carbocycles. The van der Waals surface area contributed by atoms with Crippen LogP contribution in [0.15, 0.2) is 18.5 Å². The molecule has 0 amide bonds. The molecule has 3 unspecified atom stereocenters. The van der Waals surface area contributed by atoms with Crippen LogP contribution in [0.3, 0.4) is 0 Å². The van der Waals surface area contributed by atoms with Crippen LogP contribution >= 0.6 is 0 Å². The van der Waals surface area contributed by atoms with Crippen LogP contribution in [-0.4, -0.2) is 16.0 Å². The molecular weight excluding hydrogens is 174 g/mol. The highest BCUT2D eigenvalue weighted by Crippen LogP contribution is 2.32. The van der Waals surface area contributed by atoms with Crippen LogP contribution < -0.4 is 5.32 Å². The number of nitrogens with zero attached hydrogens (tertiary/aromatic N) is 2. The molecule has 0 bridgehead atoms. The van der Waals surface area contributed by atoms with Gasteiger partial charge in [0.2, 0.25) is 5.95 Å². The molecular formula is C11H17N3. The molecule has 1 aliphatic rings. The van der Waals surface area contributed by atoms with Gasteiger partial charge in [-0.05, 0) is 30.7 Å². The van der Waals surface area contributed by atoms with Crippen molar-refractivity contribution >= 4 is 5.95 Å². The van der Waals surface area contributed by atoms with E-state index in [-0.39, 0.29) is 0 Å². The third-order valence-corrected chi connectivity index (χ3v) is 3.35. The van der Waals surface area contributed by atoms with E-state index in [0.717, 1.165) is 17.8 Å². The molecule has 1 aliphatic carbocycles. The smallest absolute Gasteiger partial charge is 0.222 e. The minimum Gasteiger partial charge on any atom is -0.351 e. The van der Waals surface area contributed by atoms with Crippen LogP contribution in [0, 0.1) is 11.8 Å². The lowest BCUT2D eigenvalue weighted by atomic mass is 9.98. The van der Waals surface area contributed by atoms with E-state index >= 15 is 0 Å². The summed E-state index contributed by atoms with van der Waals surface area (Å²) < 4.78 is 0. The van der Waals surface area contributed by atoms with E-state index in [1.807, 2.05) is 6.07 Å². The summed E-state index contributed by atoms with van der Waals surface area (Å²) in [7, 11) is 0. The van der Waals surface area contributed by atoms with Gasteiger partial charge in [-0.3, -0.25) is 0 Å². The maximum Gasteiger partial charge on any atom is 0.222 e. The van der Waals surface area contributed by atoms with E-state index < -0.39 is 0 Å². The summed E-state index contributed by atoms with van der Waals surface area (Å²) >= 11 is 0. The van der Waals surface area contributed by atoms with Gasteiger partial charge < -0.3 is 5.32 Å². The summed E-state index contributed by atoms with van der Waals surface area (Å²) in [6.45, 7) is 4.62. The lowest BCUT2D eigenvalue weighted by Crippen LogP contribution is -2.24. The summed E-state index contributed by atoms with van der Waals surface area (Å²) in [4.78, 5) is 8.36. The van der Waals surface area contributed by atoms with Crippen LogP contribution in [-0.2, 0) is 0 Å². The predicted octanol–water partition coefficient (Wildman–Crippen LogP) is 2.32. The molecule has 1 aromatic rings. The second kappa shape index (κ2) is 3.95. The monoisotopic (exact) mass is 191 g/mol. The zero-order valence-electron chi connectivity index (χ0n) is 8.77. The maximum absolute atomic E-state index is 4.18. The van der Waals surface area contributed by atoms with Crippen LogP contribution in [0.2, 0.25) is 0 Å². The molecule has 0 aliphatic heterocycles. The van der Waals surface area contributed by atoms with Gasteiger partial charge in [-0.25, -0.2) is 9.97 Å². The van der Waals surface area contributed by atoms with Gasteiger partial charge in [0.15, 0.2) is 0 Å². The van der Waals surface area contributed by atoms with Crippen molar-refractivity contribution in [3.8, 4) is 0 Å². The second-order valence-electron chi connectivity index (χ2n) is 4.24. The van der Waals surface area contributed by atoms with Crippen LogP contribution in [0.1, 0.15) is 26.7 Å². The van der Waals surface area contributed by atoms with Crippen molar-refractivity contribution < 1.29 is 0 Å². The lowest BCUT2D eigenvalue weighted by Gasteiger charge is -2.19. The lowest BCUT2D eigenvalue weighted by molar-refractivity contribution is 0.434. The normalized spacial score (nSPS) is 31.7. The third-order valence-electron chi connectivity index (χ3n) is 3.35. The third kappa shape index (κ3) is 1.86. The minimum absolute atomic E-state index is 0.549. The first-order chi connectivity index (χ1) is 6.77. The van der Waals surface area contributed by atoms with E-state index in [4.69, 9.17) is 0 Å². The Labute approximate surface area is 85.0 Å². The molecule has 2 rings (SSSR count). The first-order valence-corrected chi connectivity index (χ1v) is 5.31. The SMILES string of the molecule is CC1CCC(Nc2ncccn2)C1C. The Balaban J connectivity index is 1.99. The first kappa shape index (κ1) is 9.44. The largest absolute Gasteiger partial charge is 0.351 e. The van der Waals surface area contributed by atoms with E-state index in [1.54, 1.807) is 12.4 Å². The van der Waals surface area contributed by atoms with E-state index in [0.29, 0.717) is 6.04 Å². The second-order valence-corrected chi connectivity index (χ2v) is 4.24. The van der Waals surface area contributed by atoms with Crippen molar-refractivity contribution in [2.45, 2.75) is 32.7 Å². The molecule has 3 heteroatoms. The molecule has 76 valence electrons. The average Bonchev–Trinajstić information content (AvgIpc) is 2.52. The van der Waals surface area contributed by atoms with Crippen molar-refractivity contribution in [3.63, 3.8) is 0 Å². The average molecular weight is 191 g/mol. The fourth-order valence-corrected chi connectivity index (χ4v) is 2.11. The highest BCUT2D eigenvalue weighted by atomic mass is 15.1. The Bertz CT molecular complexity index is 286. The zero-order chi connectivity index (χ0) is 9.97.